The maximum atomic E-state index is 11.5. The third-order valence-electron chi connectivity index (χ3n) is 3.25. The summed E-state index contributed by atoms with van der Waals surface area (Å²) in [5, 5.41) is 12.5. The van der Waals surface area contributed by atoms with E-state index in [0.29, 0.717) is 11.3 Å². The monoisotopic (exact) mass is 326 g/mol. The first-order valence-corrected chi connectivity index (χ1v) is 7.45. The van der Waals surface area contributed by atoms with E-state index in [4.69, 9.17) is 0 Å². The fourth-order valence-corrected chi connectivity index (χ4v) is 3.00. The zero-order chi connectivity index (χ0) is 14.0. The SMILES string of the molecule is CCCN(CCC)c1cc2c(cc1Br)C(O)C(=O)N2. The molecular formula is C14H19BrN2O2. The van der Waals surface area contributed by atoms with E-state index in [1.54, 1.807) is 0 Å². The van der Waals surface area contributed by atoms with Crippen LogP contribution in [0.15, 0.2) is 16.6 Å². The van der Waals surface area contributed by atoms with Crippen molar-refractivity contribution in [3.63, 3.8) is 0 Å². The van der Waals surface area contributed by atoms with E-state index in [1.807, 2.05) is 12.1 Å². The molecule has 0 aliphatic carbocycles. The number of nitrogens with zero attached hydrogens (tertiary/aromatic N) is 1. The second-order valence-electron chi connectivity index (χ2n) is 4.77. The Morgan fingerprint density at radius 3 is 2.53 bits per heavy atom. The molecule has 0 bridgehead atoms. The van der Waals surface area contributed by atoms with Gasteiger partial charge in [0.05, 0.1) is 5.69 Å². The molecule has 4 nitrogen and oxygen atoms in total. The summed E-state index contributed by atoms with van der Waals surface area (Å²) in [5.41, 5.74) is 2.43. The molecule has 104 valence electrons. The van der Waals surface area contributed by atoms with Crippen molar-refractivity contribution in [1.29, 1.82) is 0 Å². The highest BCUT2D eigenvalue weighted by molar-refractivity contribution is 9.10. The predicted octanol–water partition coefficient (Wildman–Crippen LogP) is 3.06. The van der Waals surface area contributed by atoms with Crippen LogP contribution in [0, 0.1) is 0 Å². The lowest BCUT2D eigenvalue weighted by Gasteiger charge is -2.25. The molecule has 1 aliphatic rings. The van der Waals surface area contributed by atoms with Crippen molar-refractivity contribution in [3.05, 3.63) is 22.2 Å². The van der Waals surface area contributed by atoms with Gasteiger partial charge in [-0.25, -0.2) is 0 Å². The highest BCUT2D eigenvalue weighted by Gasteiger charge is 2.30. The Labute approximate surface area is 121 Å². The van der Waals surface area contributed by atoms with Crippen LogP contribution in [0.4, 0.5) is 11.4 Å². The van der Waals surface area contributed by atoms with E-state index in [1.165, 1.54) is 0 Å². The first kappa shape index (κ1) is 14.3. The normalized spacial score (nSPS) is 17.3. The number of hydrogen-bond donors (Lipinski definition) is 2. The molecule has 0 radical (unpaired) electrons. The Kier molecular flexibility index (Phi) is 4.47. The van der Waals surface area contributed by atoms with Crippen LogP contribution in [0.1, 0.15) is 38.4 Å². The number of fused-ring (bicyclic) bond motifs is 1. The van der Waals surface area contributed by atoms with Gasteiger partial charge in [-0.2, -0.15) is 0 Å². The van der Waals surface area contributed by atoms with E-state index < -0.39 is 6.10 Å². The lowest BCUT2D eigenvalue weighted by molar-refractivity contribution is -0.123. The van der Waals surface area contributed by atoms with Crippen molar-refractivity contribution in [1.82, 2.24) is 0 Å². The molecule has 1 unspecified atom stereocenters. The topological polar surface area (TPSA) is 52.6 Å². The van der Waals surface area contributed by atoms with Gasteiger partial charge in [-0.3, -0.25) is 4.79 Å². The molecule has 1 aromatic carbocycles. The zero-order valence-electron chi connectivity index (χ0n) is 11.2. The second-order valence-corrected chi connectivity index (χ2v) is 5.62. The Morgan fingerprint density at radius 2 is 1.95 bits per heavy atom. The smallest absolute Gasteiger partial charge is 0.257 e. The predicted molar refractivity (Wildman–Crippen MR) is 80.5 cm³/mol. The third kappa shape index (κ3) is 2.77. The van der Waals surface area contributed by atoms with Crippen LogP contribution >= 0.6 is 15.9 Å². The van der Waals surface area contributed by atoms with Crippen molar-refractivity contribution < 1.29 is 9.90 Å². The van der Waals surface area contributed by atoms with Crippen LogP contribution in [0.5, 0.6) is 0 Å². The summed E-state index contributed by atoms with van der Waals surface area (Å²) in [4.78, 5) is 13.8. The van der Waals surface area contributed by atoms with Gasteiger partial charge in [0.15, 0.2) is 6.10 Å². The van der Waals surface area contributed by atoms with E-state index >= 15 is 0 Å². The van der Waals surface area contributed by atoms with Crippen molar-refractivity contribution >= 4 is 33.2 Å². The lowest BCUT2D eigenvalue weighted by atomic mass is 10.1. The molecule has 0 saturated carbocycles. The molecule has 19 heavy (non-hydrogen) atoms. The van der Waals surface area contributed by atoms with Gasteiger partial charge < -0.3 is 15.3 Å². The van der Waals surface area contributed by atoms with E-state index in [0.717, 1.165) is 36.1 Å². The summed E-state index contributed by atoms with van der Waals surface area (Å²) < 4.78 is 0.920. The molecule has 1 aliphatic heterocycles. The maximum Gasteiger partial charge on any atom is 0.257 e. The number of aliphatic hydroxyl groups is 1. The average Bonchev–Trinajstić information content (AvgIpc) is 2.64. The Balaban J connectivity index is 2.37. The number of hydrogen-bond acceptors (Lipinski definition) is 3. The quantitative estimate of drug-likeness (QED) is 0.874. The molecule has 0 saturated heterocycles. The number of carbonyl (C=O) groups is 1. The van der Waals surface area contributed by atoms with Gasteiger partial charge in [0.1, 0.15) is 0 Å². The van der Waals surface area contributed by atoms with Gasteiger partial charge in [-0.15, -0.1) is 0 Å². The Hall–Kier alpha value is -1.07. The number of carbonyl (C=O) groups excluding carboxylic acids is 1. The van der Waals surface area contributed by atoms with E-state index in [9.17, 15) is 9.90 Å². The lowest BCUT2D eigenvalue weighted by Crippen LogP contribution is -2.25. The van der Waals surface area contributed by atoms with Gasteiger partial charge in [-0.05, 0) is 40.9 Å². The van der Waals surface area contributed by atoms with Crippen molar-refractivity contribution in [2.75, 3.05) is 23.3 Å². The highest BCUT2D eigenvalue weighted by atomic mass is 79.9. The first-order valence-electron chi connectivity index (χ1n) is 6.65. The highest BCUT2D eigenvalue weighted by Crippen LogP contribution is 2.39. The fourth-order valence-electron chi connectivity index (χ4n) is 2.39. The molecule has 1 atom stereocenters. The summed E-state index contributed by atoms with van der Waals surface area (Å²) in [6.45, 7) is 6.24. The number of halogens is 1. The van der Waals surface area contributed by atoms with E-state index in [2.05, 4.69) is 40.0 Å². The summed E-state index contributed by atoms with van der Waals surface area (Å²) >= 11 is 3.55. The first-order chi connectivity index (χ1) is 9.08. The summed E-state index contributed by atoms with van der Waals surface area (Å²) in [5.74, 6) is -0.350. The molecule has 0 aromatic heterocycles. The molecule has 0 fully saturated rings. The minimum absolute atomic E-state index is 0.350. The standard InChI is InChI=1S/C14H19BrN2O2/c1-3-5-17(6-4-2)12-8-11-9(7-10(12)15)13(18)14(19)16-11/h7-8,13,18H,3-6H2,1-2H3,(H,16,19). The van der Waals surface area contributed by atoms with Crippen LogP contribution in [0.3, 0.4) is 0 Å². The largest absolute Gasteiger partial charge is 0.378 e. The molecule has 1 amide bonds. The van der Waals surface area contributed by atoms with Gasteiger partial charge >= 0.3 is 0 Å². The summed E-state index contributed by atoms with van der Waals surface area (Å²) in [6, 6.07) is 3.78. The average molecular weight is 327 g/mol. The fraction of sp³-hybridized carbons (Fsp3) is 0.500. The van der Waals surface area contributed by atoms with Crippen LogP contribution in [0.25, 0.3) is 0 Å². The number of nitrogens with one attached hydrogen (secondary N) is 1. The van der Waals surface area contributed by atoms with Crippen LogP contribution in [0.2, 0.25) is 0 Å². The number of benzene rings is 1. The summed E-state index contributed by atoms with van der Waals surface area (Å²) in [7, 11) is 0. The zero-order valence-corrected chi connectivity index (χ0v) is 12.8. The third-order valence-corrected chi connectivity index (χ3v) is 3.88. The van der Waals surface area contributed by atoms with Crippen LogP contribution in [-0.4, -0.2) is 24.1 Å². The van der Waals surface area contributed by atoms with Crippen molar-refractivity contribution in [2.24, 2.45) is 0 Å². The van der Waals surface area contributed by atoms with Crippen LogP contribution in [-0.2, 0) is 4.79 Å². The minimum atomic E-state index is -1.05. The Bertz CT molecular complexity index is 485. The van der Waals surface area contributed by atoms with Gasteiger partial charge in [0, 0.05) is 28.8 Å². The van der Waals surface area contributed by atoms with Crippen molar-refractivity contribution in [2.45, 2.75) is 32.8 Å². The minimum Gasteiger partial charge on any atom is -0.378 e. The molecule has 5 heteroatoms. The molecular weight excluding hydrogens is 308 g/mol. The van der Waals surface area contributed by atoms with Crippen LogP contribution < -0.4 is 10.2 Å². The summed E-state index contributed by atoms with van der Waals surface area (Å²) in [6.07, 6.45) is 1.09. The molecule has 0 spiro atoms. The number of anilines is 2. The maximum absolute atomic E-state index is 11.5. The van der Waals surface area contributed by atoms with E-state index in [-0.39, 0.29) is 5.91 Å². The van der Waals surface area contributed by atoms with Gasteiger partial charge in [0.2, 0.25) is 0 Å². The second kappa shape index (κ2) is 5.92. The molecule has 1 aromatic rings. The number of rotatable bonds is 5. The molecule has 2 rings (SSSR count). The molecule has 1 heterocycles. The Morgan fingerprint density at radius 1 is 1.32 bits per heavy atom. The molecule has 2 N–H and O–H groups in total. The van der Waals surface area contributed by atoms with Crippen molar-refractivity contribution in [3.8, 4) is 0 Å². The number of aliphatic hydroxyl groups excluding tert-OH is 1. The van der Waals surface area contributed by atoms with Gasteiger partial charge in [0.25, 0.3) is 5.91 Å². The van der Waals surface area contributed by atoms with Gasteiger partial charge in [-0.1, -0.05) is 13.8 Å². The number of amides is 1.